The molecule has 0 bridgehead atoms. The largest absolute Gasteiger partial charge is 0.378 e. The van der Waals surface area contributed by atoms with Crippen LogP contribution in [-0.4, -0.2) is 84.4 Å². The summed E-state index contributed by atoms with van der Waals surface area (Å²) in [6.07, 6.45) is 23.4. The van der Waals surface area contributed by atoms with Gasteiger partial charge in [0.05, 0.1) is 38.6 Å². The van der Waals surface area contributed by atoms with Crippen molar-refractivity contribution >= 4 is 10.8 Å². The van der Waals surface area contributed by atoms with Gasteiger partial charge in [0, 0.05) is 55.4 Å². The Bertz CT molecular complexity index is 3650. The normalized spacial score (nSPS) is 21.3. The maximum absolute atomic E-state index is 12.6. The number of aromatic nitrogens is 4. The second kappa shape index (κ2) is 56.8. The molecule has 0 amide bonds. The van der Waals surface area contributed by atoms with E-state index in [0.29, 0.717) is 40.7 Å². The third kappa shape index (κ3) is 47.1. The second-order valence-electron chi connectivity index (χ2n) is 33.8. The molecule has 0 radical (unpaired) electrons. The molecule has 15 rings (SSSR count). The number of fused-ring (bicyclic) bond motifs is 2. The van der Waals surface area contributed by atoms with E-state index in [2.05, 4.69) is 196 Å². The lowest BCUT2D eigenvalue weighted by molar-refractivity contribution is -0.187. The lowest BCUT2D eigenvalue weighted by atomic mass is 9.84. The van der Waals surface area contributed by atoms with E-state index in [0.717, 1.165) is 103 Å². The summed E-state index contributed by atoms with van der Waals surface area (Å²) in [5.41, 5.74) is 16.2. The molecule has 4 aliphatic heterocycles. The Labute approximate surface area is 699 Å². The molecule has 9 aromatic rings. The molecule has 10 nitrogen and oxygen atoms in total. The second-order valence-corrected chi connectivity index (χ2v) is 33.8. The predicted octanol–water partition coefficient (Wildman–Crippen LogP) is 27.0. The van der Waals surface area contributed by atoms with Crippen molar-refractivity contribution in [1.29, 1.82) is 0 Å². The highest BCUT2D eigenvalue weighted by atomic mass is 19.1. The molecule has 2 aromatic heterocycles. The minimum Gasteiger partial charge on any atom is -0.378 e. The molecule has 5 fully saturated rings. The monoisotopic (exact) mass is 1600 g/mol. The van der Waals surface area contributed by atoms with E-state index in [9.17, 15) is 17.6 Å². The Morgan fingerprint density at radius 1 is 0.259 bits per heavy atom. The average Bonchev–Trinajstić information content (AvgIpc) is 0.855. The minimum atomic E-state index is -0.475. The topological polar surface area (TPSA) is 107 Å². The molecule has 4 saturated heterocycles. The fraction of sp³-hybridized carbons (Fsp3) is 0.529. The summed E-state index contributed by atoms with van der Waals surface area (Å²) < 4.78 is 81.8. The van der Waals surface area contributed by atoms with Gasteiger partial charge in [-0.05, 0) is 291 Å². The minimum absolute atomic E-state index is 0.0196. The molecule has 5 unspecified atom stereocenters. The van der Waals surface area contributed by atoms with Crippen molar-refractivity contribution in [2.45, 2.75) is 275 Å². The summed E-state index contributed by atoms with van der Waals surface area (Å²) in [7, 11) is 0. The fourth-order valence-corrected chi connectivity index (χ4v) is 12.1. The van der Waals surface area contributed by atoms with E-state index in [-0.39, 0.29) is 29.8 Å². The third-order valence-corrected chi connectivity index (χ3v) is 20.3. The molecule has 6 aliphatic rings. The van der Waals surface area contributed by atoms with Gasteiger partial charge < -0.3 is 28.4 Å². The van der Waals surface area contributed by atoms with Gasteiger partial charge >= 0.3 is 0 Å². The van der Waals surface area contributed by atoms with Gasteiger partial charge in [-0.1, -0.05) is 205 Å². The van der Waals surface area contributed by atoms with Crippen LogP contribution in [0.25, 0.3) is 10.8 Å². The van der Waals surface area contributed by atoms with Gasteiger partial charge in [-0.25, -0.2) is 37.5 Å². The predicted molar refractivity (Wildman–Crippen MR) is 478 cm³/mol. The molecule has 14 heteroatoms. The first-order chi connectivity index (χ1) is 54.8. The molecule has 0 spiro atoms. The van der Waals surface area contributed by atoms with Crippen LogP contribution in [0, 0.1) is 169 Å². The van der Waals surface area contributed by atoms with Gasteiger partial charge in [0.25, 0.3) is 0 Å². The van der Waals surface area contributed by atoms with E-state index in [1.807, 2.05) is 92.3 Å². The molecule has 640 valence electrons. The van der Waals surface area contributed by atoms with Crippen LogP contribution in [0.15, 0.2) is 152 Å². The highest BCUT2D eigenvalue weighted by Gasteiger charge is 2.18. The Morgan fingerprint density at radius 3 is 0.871 bits per heavy atom. The van der Waals surface area contributed by atoms with Crippen LogP contribution in [0.2, 0.25) is 0 Å². The van der Waals surface area contributed by atoms with Crippen LogP contribution in [0.5, 0.6) is 0 Å². The van der Waals surface area contributed by atoms with Crippen LogP contribution >= 0.6 is 0 Å². The lowest BCUT2D eigenvalue weighted by Gasteiger charge is -2.24. The number of aryl methyl sites for hydroxylation is 15. The highest BCUT2D eigenvalue weighted by Crippen LogP contribution is 2.28. The van der Waals surface area contributed by atoms with Gasteiger partial charge in [-0.15, -0.1) is 0 Å². The van der Waals surface area contributed by atoms with E-state index < -0.39 is 11.6 Å². The Balaban J connectivity index is 0.000000326. The summed E-state index contributed by atoms with van der Waals surface area (Å²) in [4.78, 5) is 15.9. The number of ether oxygens (including phenoxy) is 6. The summed E-state index contributed by atoms with van der Waals surface area (Å²) in [5, 5.41) is 2.67. The first kappa shape index (κ1) is 103. The molecular weight excluding hydrogens is 1450 g/mol. The number of rotatable bonds is 0. The number of hydrogen-bond acceptors (Lipinski definition) is 10. The Hall–Kier alpha value is -7.56. The van der Waals surface area contributed by atoms with E-state index in [1.54, 1.807) is 44.0 Å². The molecule has 7 aromatic carbocycles. The zero-order chi connectivity index (χ0) is 86.4. The van der Waals surface area contributed by atoms with Crippen molar-refractivity contribution in [3.05, 3.63) is 271 Å². The number of benzene rings is 7. The highest BCUT2D eigenvalue weighted by molar-refractivity contribution is 5.83. The van der Waals surface area contributed by atoms with Crippen LogP contribution < -0.4 is 0 Å². The molecule has 5 atom stereocenters. The summed E-state index contributed by atoms with van der Waals surface area (Å²) in [6, 6.07) is 41.5. The maximum atomic E-state index is 12.6. The summed E-state index contributed by atoms with van der Waals surface area (Å²) in [5.74, 6) is 6.15. The van der Waals surface area contributed by atoms with E-state index >= 15 is 0 Å². The zero-order valence-electron chi connectivity index (χ0n) is 76.1. The molecular formula is C102H148F4N4O6. The lowest BCUT2D eigenvalue weighted by Crippen LogP contribution is -2.27. The Kier molecular flexibility index (Phi) is 50.2. The zero-order valence-corrected chi connectivity index (χ0v) is 76.1. The van der Waals surface area contributed by atoms with Crippen LogP contribution in [0.1, 0.15) is 229 Å². The molecule has 116 heavy (non-hydrogen) atoms. The number of halogens is 4. The molecule has 6 heterocycles. The van der Waals surface area contributed by atoms with E-state index in [4.69, 9.17) is 28.4 Å². The van der Waals surface area contributed by atoms with Crippen molar-refractivity contribution < 1.29 is 46.0 Å². The Morgan fingerprint density at radius 2 is 0.560 bits per heavy atom. The van der Waals surface area contributed by atoms with Crippen molar-refractivity contribution in [3.8, 4) is 0 Å². The van der Waals surface area contributed by atoms with Crippen molar-refractivity contribution in [3.63, 3.8) is 0 Å². The van der Waals surface area contributed by atoms with Gasteiger partial charge in [0.2, 0.25) is 0 Å². The quantitative estimate of drug-likeness (QED) is 0.136. The van der Waals surface area contributed by atoms with E-state index in [1.165, 1.54) is 140 Å². The standard InChI is InChI=1S/C12H16.C12H12.C8H8F2.2C8H9F.C8H16.C8H10.2C7H14O.2C6H8N2.2C6H12O2/c2*1-9-3-5-12-8-10(2)4-6-11(12)7-9;1-5-3-7(9)6(2)8(10)4-5;2*1-6-3-4-7(2)8(9)5-6;2*1-7-3-5-8(2)6-4-7;2*1-6-3-4-7(2)8-5-6;4*1-5-3-7-6(2)8-4-5/h3,5,7,10H,4,6,8H2,1-2H3;3-8H,1-2H3;3-4H,1-2H3;2*3-5H,1-2H3;7-8H,3-6H2,1-2H3;3-6H,1-2H3;2*6-7H,3-5H2,1-2H3;2*3-4H,1-2H3;2*5-6H,3-4H2,1-2H3. The fourth-order valence-electron chi connectivity index (χ4n) is 12.1. The smallest absolute Gasteiger partial charge is 0.154 e. The first-order valence-corrected chi connectivity index (χ1v) is 42.5. The van der Waals surface area contributed by atoms with Crippen LogP contribution in [0.4, 0.5) is 17.6 Å². The van der Waals surface area contributed by atoms with Gasteiger partial charge in [-0.2, -0.15) is 0 Å². The van der Waals surface area contributed by atoms with Crippen LogP contribution in [-0.2, 0) is 41.3 Å². The maximum Gasteiger partial charge on any atom is 0.154 e. The first-order valence-electron chi connectivity index (χ1n) is 42.5. The average molecular weight is 1600 g/mol. The SMILES string of the molecule is CC1CCC(C)CC1.CC1CCC(C)OC1.CC1CCC(C)OC1.CC1COC(C)OC1.CC1COC(C)OC1.Cc1cc(F)c(C)c(F)c1.Cc1ccc(C)c(F)c1.Cc1ccc(C)c(F)c1.Cc1ccc(C)cc1.Cc1ccc2c(c1)CCC(C)C2.Cc1ccc2cc(C)ccc2c1.Cc1cnc(C)nc1.Cc1cnc(C)nc1. The number of hydrogen-bond donors (Lipinski definition) is 0. The van der Waals surface area contributed by atoms with Gasteiger partial charge in [0.1, 0.15) is 34.9 Å². The van der Waals surface area contributed by atoms with Crippen molar-refractivity contribution in [2.24, 2.45) is 41.4 Å². The third-order valence-electron chi connectivity index (χ3n) is 20.3. The van der Waals surface area contributed by atoms with Crippen molar-refractivity contribution in [1.82, 2.24) is 19.9 Å². The summed E-state index contributed by atoms with van der Waals surface area (Å²) >= 11 is 0. The molecule has 2 aliphatic carbocycles. The molecule has 0 N–H and O–H groups in total. The summed E-state index contributed by atoms with van der Waals surface area (Å²) in [6.45, 7) is 57.9. The van der Waals surface area contributed by atoms with Crippen molar-refractivity contribution in [2.75, 3.05) is 39.6 Å². The van der Waals surface area contributed by atoms with Gasteiger partial charge in [-0.3, -0.25) is 0 Å². The van der Waals surface area contributed by atoms with Crippen LogP contribution in [0.3, 0.4) is 0 Å². The van der Waals surface area contributed by atoms with Gasteiger partial charge in [0.15, 0.2) is 12.6 Å². The molecule has 1 saturated carbocycles. The number of nitrogens with zero attached hydrogens (tertiary/aromatic N) is 4.